The van der Waals surface area contributed by atoms with Crippen molar-refractivity contribution in [2.75, 3.05) is 33.7 Å². The Balaban J connectivity index is 1.22. The lowest BCUT2D eigenvalue weighted by Gasteiger charge is -2.60. The fourth-order valence-electron chi connectivity index (χ4n) is 11.6. The number of aliphatic hydroxyl groups is 2. The number of unbranched alkanes of at least 4 members (excludes halogenated alkanes) is 10. The molecular formula is C60H76N2O9. The van der Waals surface area contributed by atoms with E-state index in [9.17, 15) is 10.2 Å². The van der Waals surface area contributed by atoms with Gasteiger partial charge in [0.2, 0.25) is 18.5 Å². The van der Waals surface area contributed by atoms with E-state index in [-0.39, 0.29) is 56.8 Å². The molecule has 1 amide bonds. The van der Waals surface area contributed by atoms with Gasteiger partial charge in [0, 0.05) is 44.1 Å². The van der Waals surface area contributed by atoms with Gasteiger partial charge in [0.15, 0.2) is 11.5 Å². The van der Waals surface area contributed by atoms with Gasteiger partial charge in [-0.15, -0.1) is 6.58 Å². The van der Waals surface area contributed by atoms with Crippen molar-refractivity contribution in [1.29, 1.82) is 0 Å². The van der Waals surface area contributed by atoms with E-state index in [1.807, 2.05) is 65.6 Å². The molecule has 6 atom stereocenters. The molecule has 0 spiro atoms. The largest absolute Gasteiger partial charge is 0.459 e. The summed E-state index contributed by atoms with van der Waals surface area (Å²) in [6.45, 7) is 7.20. The minimum Gasteiger partial charge on any atom is -0.459 e. The molecule has 1 saturated carbocycles. The smallest absolute Gasteiger partial charge is 0.239 e. The second-order valence-corrected chi connectivity index (χ2v) is 19.7. The Labute approximate surface area is 421 Å². The third kappa shape index (κ3) is 12.4. The number of benzene rings is 4. The Kier molecular flexibility index (Phi) is 18.7. The molecule has 0 aromatic heterocycles. The molecule has 2 aliphatic heterocycles. The first-order valence-corrected chi connectivity index (χ1v) is 26.5. The highest BCUT2D eigenvalue weighted by Crippen LogP contribution is 2.62. The minimum atomic E-state index is -1.38. The molecule has 2 N–H and O–H groups in total. The van der Waals surface area contributed by atoms with Crippen LogP contribution in [0.1, 0.15) is 133 Å². The van der Waals surface area contributed by atoms with Crippen LogP contribution in [0, 0.1) is 17.8 Å². The van der Waals surface area contributed by atoms with E-state index in [4.69, 9.17) is 33.7 Å². The van der Waals surface area contributed by atoms with E-state index in [0.717, 1.165) is 78.5 Å². The number of aliphatic hydroxyl groups excluding tert-OH is 2. The van der Waals surface area contributed by atoms with Crippen molar-refractivity contribution in [3.63, 3.8) is 0 Å². The number of oxime groups is 1. The van der Waals surface area contributed by atoms with Crippen molar-refractivity contribution in [1.82, 2.24) is 4.90 Å². The summed E-state index contributed by atoms with van der Waals surface area (Å²) in [5.74, 6) is 1.61. The number of ether oxygens (including phenoxy) is 5. The van der Waals surface area contributed by atoms with E-state index in [1.165, 1.54) is 38.5 Å². The molecule has 11 heteroatoms. The summed E-state index contributed by atoms with van der Waals surface area (Å²) in [5, 5.41) is 24.9. The number of fused-ring (bicyclic) bond motifs is 3. The van der Waals surface area contributed by atoms with Crippen LogP contribution in [0.3, 0.4) is 0 Å². The van der Waals surface area contributed by atoms with Crippen LogP contribution in [0.15, 0.2) is 120 Å². The standard InChI is InChI=1S/C60H76N2O9/c1-4-6-7-8-9-10-11-12-16-25-57(65)62(41-43-26-32-54-55(37-43)68-42-67-54)56-40-52(61-66-3)50-38-46(23-17-19-34-63)49(24-18-20-35-64)58-51-39-48(31-33-53(51)71-60(56,59(50)58)69-36-5-2)70-47-29-27-45(28-30-47)44-21-14-13-15-22-44/h5,13-15,21-22,26-33,37-39,46,49,56,58-59,63-64H,2,4,6-12,16-20,23-25,34-36,40-42H2,1,3H3/t46-,49+,56-,58+,59+,60+/m0/s1. The lowest BCUT2D eigenvalue weighted by Crippen LogP contribution is -2.70. The van der Waals surface area contributed by atoms with E-state index < -0.39 is 17.7 Å². The third-order valence-electron chi connectivity index (χ3n) is 15.0. The van der Waals surface area contributed by atoms with Gasteiger partial charge in [-0.2, -0.15) is 0 Å². The van der Waals surface area contributed by atoms with Gasteiger partial charge in [0.1, 0.15) is 30.4 Å². The van der Waals surface area contributed by atoms with E-state index in [1.54, 1.807) is 13.2 Å². The topological polar surface area (TPSA) is 129 Å². The van der Waals surface area contributed by atoms with Crippen molar-refractivity contribution >= 4 is 11.6 Å². The van der Waals surface area contributed by atoms with Gasteiger partial charge in [-0.3, -0.25) is 4.79 Å². The summed E-state index contributed by atoms with van der Waals surface area (Å²) in [4.78, 5) is 23.0. The maximum Gasteiger partial charge on any atom is 0.239 e. The Morgan fingerprint density at radius 2 is 1.48 bits per heavy atom. The molecule has 0 saturated heterocycles. The van der Waals surface area contributed by atoms with Crippen molar-refractivity contribution < 1.29 is 43.5 Å². The highest BCUT2D eigenvalue weighted by Gasteiger charge is 2.65. The summed E-state index contributed by atoms with van der Waals surface area (Å²) >= 11 is 0. The number of amides is 1. The molecular weight excluding hydrogens is 893 g/mol. The van der Waals surface area contributed by atoms with E-state index in [2.05, 4.69) is 49.9 Å². The molecule has 2 aliphatic carbocycles. The summed E-state index contributed by atoms with van der Waals surface area (Å²) in [5.41, 5.74) is 5.89. The van der Waals surface area contributed by atoms with E-state index in [0.29, 0.717) is 54.4 Å². The molecule has 0 unspecified atom stereocenters. The van der Waals surface area contributed by atoms with Crippen LogP contribution >= 0.6 is 0 Å². The van der Waals surface area contributed by atoms with Crippen molar-refractivity contribution in [2.45, 2.75) is 140 Å². The first kappa shape index (κ1) is 51.7. The molecule has 11 nitrogen and oxygen atoms in total. The first-order chi connectivity index (χ1) is 34.9. The van der Waals surface area contributed by atoms with Crippen LogP contribution in [0.25, 0.3) is 11.1 Å². The highest BCUT2D eigenvalue weighted by molar-refractivity contribution is 6.03. The summed E-state index contributed by atoms with van der Waals surface area (Å²) in [6.07, 6.45) is 19.9. The average molecular weight is 969 g/mol. The van der Waals surface area contributed by atoms with Crippen LogP contribution in [-0.4, -0.2) is 72.3 Å². The van der Waals surface area contributed by atoms with Crippen LogP contribution < -0.4 is 18.9 Å². The lowest BCUT2D eigenvalue weighted by molar-refractivity contribution is -0.258. The molecule has 4 aliphatic rings. The SMILES string of the molecule is C=CCO[C@@]12Oc3ccc(Oc4ccc(-c5ccccc5)cc4)cc3[C@H]3[C@H](CCCCO)[C@@H](CCCCO)C=C(C(=NOC)C[C@@H]1N(Cc1ccc4c(c1)OCO4)C(=O)CCCCCCCCCCC)[C@H]32. The Morgan fingerprint density at radius 1 is 0.789 bits per heavy atom. The minimum absolute atomic E-state index is 0.0200. The predicted molar refractivity (Wildman–Crippen MR) is 279 cm³/mol. The molecule has 380 valence electrons. The fraction of sp³-hybridized carbons (Fsp3) is 0.500. The van der Waals surface area contributed by atoms with Gasteiger partial charge >= 0.3 is 0 Å². The maximum absolute atomic E-state index is 15.3. The van der Waals surface area contributed by atoms with Crippen LogP contribution in [0.2, 0.25) is 0 Å². The number of hydrogen-bond acceptors (Lipinski definition) is 10. The maximum atomic E-state index is 15.3. The number of allylic oxidation sites excluding steroid dienone is 1. The molecule has 0 radical (unpaired) electrons. The Morgan fingerprint density at radius 3 is 2.21 bits per heavy atom. The second-order valence-electron chi connectivity index (χ2n) is 19.7. The van der Waals surface area contributed by atoms with Crippen molar-refractivity contribution in [3.05, 3.63) is 126 Å². The normalized spacial score (nSPS) is 22.2. The second kappa shape index (κ2) is 25.7. The van der Waals surface area contributed by atoms with Crippen molar-refractivity contribution in [3.8, 4) is 39.9 Å². The zero-order chi connectivity index (χ0) is 49.4. The first-order valence-electron chi connectivity index (χ1n) is 26.5. The quantitative estimate of drug-likeness (QED) is 0.0325. The Hall–Kier alpha value is -5.62. The van der Waals surface area contributed by atoms with Crippen LogP contribution in [-0.2, 0) is 20.9 Å². The van der Waals surface area contributed by atoms with Gasteiger partial charge in [0.05, 0.1) is 18.2 Å². The molecule has 1 fully saturated rings. The summed E-state index contributed by atoms with van der Waals surface area (Å²) in [7, 11) is 1.58. The number of rotatable bonds is 28. The Bertz CT molecular complexity index is 2400. The van der Waals surface area contributed by atoms with Gasteiger partial charge in [0.25, 0.3) is 0 Å². The molecule has 0 bridgehead atoms. The number of carbonyl (C=O) groups is 1. The van der Waals surface area contributed by atoms with Crippen LogP contribution in [0.5, 0.6) is 28.7 Å². The molecule has 2 heterocycles. The number of nitrogens with zero attached hydrogens (tertiary/aromatic N) is 2. The lowest BCUT2D eigenvalue weighted by atomic mass is 9.55. The van der Waals surface area contributed by atoms with Crippen molar-refractivity contribution in [2.24, 2.45) is 22.9 Å². The molecule has 8 rings (SSSR count). The van der Waals surface area contributed by atoms with Gasteiger partial charge in [-0.25, -0.2) is 0 Å². The summed E-state index contributed by atoms with van der Waals surface area (Å²) in [6, 6.07) is 29.8. The van der Waals surface area contributed by atoms with Crippen LogP contribution in [0.4, 0.5) is 0 Å². The fourth-order valence-corrected chi connectivity index (χ4v) is 11.6. The van der Waals surface area contributed by atoms with E-state index >= 15 is 4.79 Å². The molecule has 4 aromatic rings. The average Bonchev–Trinajstić information content (AvgIpc) is 3.87. The summed E-state index contributed by atoms with van der Waals surface area (Å²) < 4.78 is 33.0. The zero-order valence-electron chi connectivity index (χ0n) is 42.1. The zero-order valence-corrected chi connectivity index (χ0v) is 42.1. The monoisotopic (exact) mass is 969 g/mol. The predicted octanol–water partition coefficient (Wildman–Crippen LogP) is 13.1. The third-order valence-corrected chi connectivity index (χ3v) is 15.0. The number of carbonyl (C=O) groups excluding carboxylic acids is 1. The number of hydrogen-bond donors (Lipinski definition) is 2. The van der Waals surface area contributed by atoms with Gasteiger partial charge < -0.3 is 43.6 Å². The molecule has 71 heavy (non-hydrogen) atoms. The highest BCUT2D eigenvalue weighted by atomic mass is 16.7. The molecule has 4 aromatic carbocycles. The van der Waals surface area contributed by atoms with Gasteiger partial charge in [-0.1, -0.05) is 137 Å². The van der Waals surface area contributed by atoms with Gasteiger partial charge in [-0.05, 0) is 109 Å².